The zero-order valence-electron chi connectivity index (χ0n) is 14.8. The number of rotatable bonds is 10. The van der Waals surface area contributed by atoms with Gasteiger partial charge in [-0.15, -0.1) is 0 Å². The number of thioether (sulfide) groups is 1. The molecule has 1 fully saturated rings. The number of hydrogen-bond donors (Lipinski definition) is 1. The number of benzene rings is 1. The second kappa shape index (κ2) is 10.5. The van der Waals surface area contributed by atoms with Gasteiger partial charge in [0.15, 0.2) is 11.5 Å². The van der Waals surface area contributed by atoms with Crippen molar-refractivity contribution >= 4 is 40.3 Å². The molecule has 1 aromatic carbocycles. The number of methoxy groups -OCH3 is 1. The van der Waals surface area contributed by atoms with Gasteiger partial charge in [-0.2, -0.15) is 0 Å². The minimum atomic E-state index is -0.155. The van der Waals surface area contributed by atoms with Crippen molar-refractivity contribution in [3.05, 3.63) is 28.7 Å². The van der Waals surface area contributed by atoms with Crippen molar-refractivity contribution < 1.29 is 14.3 Å². The van der Waals surface area contributed by atoms with Crippen LogP contribution in [0.15, 0.2) is 23.1 Å². The van der Waals surface area contributed by atoms with Gasteiger partial charge >= 0.3 is 0 Å². The molecule has 4 nitrogen and oxygen atoms in total. The van der Waals surface area contributed by atoms with E-state index < -0.39 is 0 Å². The van der Waals surface area contributed by atoms with E-state index >= 15 is 0 Å². The Kier molecular flexibility index (Phi) is 8.28. The van der Waals surface area contributed by atoms with Gasteiger partial charge < -0.3 is 14.8 Å². The highest BCUT2D eigenvalue weighted by Gasteiger charge is 2.22. The Morgan fingerprint density at radius 1 is 1.16 bits per heavy atom. The lowest BCUT2D eigenvalue weighted by Gasteiger charge is -2.11. The lowest BCUT2D eigenvalue weighted by atomic mass is 10.1. The number of unbranched alkanes of at least 4 members (excludes halogenated alkanes) is 5. The lowest BCUT2D eigenvalue weighted by molar-refractivity contribution is -0.115. The SMILES string of the molecule is CCCCCCCCOc1ccc(/C=C2\SC(=S)NC2=O)cc1OC. The van der Waals surface area contributed by atoms with Crippen LogP contribution in [-0.2, 0) is 4.79 Å². The van der Waals surface area contributed by atoms with Crippen LogP contribution in [-0.4, -0.2) is 23.9 Å². The van der Waals surface area contributed by atoms with Crippen molar-refractivity contribution in [2.45, 2.75) is 45.4 Å². The van der Waals surface area contributed by atoms with Crippen LogP contribution in [0.5, 0.6) is 11.5 Å². The molecule has 1 amide bonds. The summed E-state index contributed by atoms with van der Waals surface area (Å²) in [5.41, 5.74) is 0.881. The molecular formula is C19H25NO3S2. The van der Waals surface area contributed by atoms with Crippen LogP contribution < -0.4 is 14.8 Å². The first-order chi connectivity index (χ1) is 12.1. The summed E-state index contributed by atoms with van der Waals surface area (Å²) in [5.74, 6) is 1.25. The summed E-state index contributed by atoms with van der Waals surface area (Å²) in [5, 5.41) is 2.61. The van der Waals surface area contributed by atoms with Crippen LogP contribution in [0.2, 0.25) is 0 Å². The molecule has 0 spiro atoms. The number of ether oxygens (including phenoxy) is 2. The number of nitrogens with one attached hydrogen (secondary N) is 1. The molecule has 0 saturated carbocycles. The zero-order valence-corrected chi connectivity index (χ0v) is 16.4. The van der Waals surface area contributed by atoms with Crippen LogP contribution in [0.1, 0.15) is 51.0 Å². The van der Waals surface area contributed by atoms with Gasteiger partial charge in [-0.25, -0.2) is 0 Å². The summed E-state index contributed by atoms with van der Waals surface area (Å²) >= 11 is 6.27. The molecule has 1 aromatic rings. The first-order valence-electron chi connectivity index (χ1n) is 8.69. The maximum Gasteiger partial charge on any atom is 0.263 e. The molecule has 1 aliphatic rings. The summed E-state index contributed by atoms with van der Waals surface area (Å²) in [6, 6.07) is 5.68. The van der Waals surface area contributed by atoms with Crippen LogP contribution >= 0.6 is 24.0 Å². The van der Waals surface area contributed by atoms with E-state index in [0.29, 0.717) is 21.6 Å². The van der Waals surface area contributed by atoms with E-state index in [1.54, 1.807) is 13.2 Å². The smallest absolute Gasteiger partial charge is 0.263 e. The molecule has 0 atom stereocenters. The van der Waals surface area contributed by atoms with Gasteiger partial charge in [-0.05, 0) is 30.2 Å². The van der Waals surface area contributed by atoms with Crippen molar-refractivity contribution in [1.82, 2.24) is 5.32 Å². The predicted molar refractivity (Wildman–Crippen MR) is 108 cm³/mol. The quantitative estimate of drug-likeness (QED) is 0.355. The highest BCUT2D eigenvalue weighted by molar-refractivity contribution is 8.26. The number of carbonyl (C=O) groups is 1. The third kappa shape index (κ3) is 6.36. The minimum absolute atomic E-state index is 0.155. The summed E-state index contributed by atoms with van der Waals surface area (Å²) in [6.45, 7) is 2.91. The van der Waals surface area contributed by atoms with E-state index in [-0.39, 0.29) is 5.91 Å². The van der Waals surface area contributed by atoms with Gasteiger partial charge in [0, 0.05) is 0 Å². The van der Waals surface area contributed by atoms with E-state index in [1.807, 2.05) is 18.2 Å². The topological polar surface area (TPSA) is 47.6 Å². The van der Waals surface area contributed by atoms with E-state index in [4.69, 9.17) is 21.7 Å². The van der Waals surface area contributed by atoms with E-state index in [9.17, 15) is 4.79 Å². The molecule has 6 heteroatoms. The predicted octanol–water partition coefficient (Wildman–Crippen LogP) is 4.92. The fourth-order valence-corrected chi connectivity index (χ4v) is 3.57. The monoisotopic (exact) mass is 379 g/mol. The molecular weight excluding hydrogens is 354 g/mol. The number of thiocarbonyl (C=S) groups is 1. The molecule has 2 rings (SSSR count). The maximum atomic E-state index is 11.7. The van der Waals surface area contributed by atoms with Crippen LogP contribution in [0, 0.1) is 0 Å². The second-order valence-electron chi connectivity index (χ2n) is 5.88. The zero-order chi connectivity index (χ0) is 18.1. The van der Waals surface area contributed by atoms with E-state index in [1.165, 1.54) is 43.9 Å². The third-order valence-electron chi connectivity index (χ3n) is 3.88. The van der Waals surface area contributed by atoms with Crippen LogP contribution in [0.3, 0.4) is 0 Å². The fourth-order valence-electron chi connectivity index (χ4n) is 2.53. The lowest BCUT2D eigenvalue weighted by Crippen LogP contribution is -2.17. The molecule has 1 saturated heterocycles. The average molecular weight is 380 g/mol. The highest BCUT2D eigenvalue weighted by atomic mass is 32.2. The van der Waals surface area contributed by atoms with Gasteiger partial charge in [-0.1, -0.05) is 69.1 Å². The van der Waals surface area contributed by atoms with E-state index in [2.05, 4.69) is 12.2 Å². The molecule has 0 radical (unpaired) electrons. The first-order valence-corrected chi connectivity index (χ1v) is 9.92. The third-order valence-corrected chi connectivity index (χ3v) is 5.05. The first kappa shape index (κ1) is 19.8. The average Bonchev–Trinajstić information content (AvgIpc) is 2.92. The normalized spacial score (nSPS) is 15.5. The Labute approximate surface area is 159 Å². The molecule has 1 aliphatic heterocycles. The Morgan fingerprint density at radius 2 is 1.92 bits per heavy atom. The molecule has 1 N–H and O–H groups in total. The van der Waals surface area contributed by atoms with Crippen LogP contribution in [0.25, 0.3) is 6.08 Å². The molecule has 136 valence electrons. The molecule has 1 heterocycles. The molecule has 25 heavy (non-hydrogen) atoms. The van der Waals surface area contributed by atoms with Crippen molar-refractivity contribution in [2.24, 2.45) is 0 Å². The summed E-state index contributed by atoms with van der Waals surface area (Å²) in [7, 11) is 1.62. The van der Waals surface area contributed by atoms with Gasteiger partial charge in [0.2, 0.25) is 0 Å². The number of amides is 1. The van der Waals surface area contributed by atoms with Gasteiger partial charge in [0.1, 0.15) is 4.32 Å². The fraction of sp³-hybridized carbons (Fsp3) is 0.474. The second-order valence-corrected chi connectivity index (χ2v) is 7.60. The molecule has 0 unspecified atom stereocenters. The minimum Gasteiger partial charge on any atom is -0.493 e. The summed E-state index contributed by atoms with van der Waals surface area (Å²) in [4.78, 5) is 12.3. The maximum absolute atomic E-state index is 11.7. The van der Waals surface area contributed by atoms with Crippen LogP contribution in [0.4, 0.5) is 0 Å². The standard InChI is InChI=1S/C19H25NO3S2/c1-3-4-5-6-7-8-11-23-15-10-9-14(12-16(15)22-2)13-17-18(21)20-19(24)25-17/h9-10,12-13H,3-8,11H2,1-2H3,(H,20,21,24)/b17-13-. The number of hydrogen-bond acceptors (Lipinski definition) is 5. The Hall–Kier alpha value is -1.53. The molecule has 0 aromatic heterocycles. The van der Waals surface area contributed by atoms with Crippen molar-refractivity contribution in [2.75, 3.05) is 13.7 Å². The van der Waals surface area contributed by atoms with Crippen molar-refractivity contribution in [1.29, 1.82) is 0 Å². The number of carbonyl (C=O) groups excluding carboxylic acids is 1. The van der Waals surface area contributed by atoms with Gasteiger partial charge in [-0.3, -0.25) is 4.79 Å². The summed E-state index contributed by atoms with van der Waals surface area (Å²) < 4.78 is 11.8. The largest absolute Gasteiger partial charge is 0.493 e. The Balaban J connectivity index is 1.90. The van der Waals surface area contributed by atoms with Crippen molar-refractivity contribution in [3.63, 3.8) is 0 Å². The van der Waals surface area contributed by atoms with E-state index in [0.717, 1.165) is 17.7 Å². The summed E-state index contributed by atoms with van der Waals surface area (Å²) in [6.07, 6.45) is 9.19. The highest BCUT2D eigenvalue weighted by Crippen LogP contribution is 2.31. The Morgan fingerprint density at radius 3 is 2.60 bits per heavy atom. The Bertz CT molecular complexity index is 644. The van der Waals surface area contributed by atoms with Gasteiger partial charge in [0.25, 0.3) is 5.91 Å². The van der Waals surface area contributed by atoms with Crippen molar-refractivity contribution in [3.8, 4) is 11.5 Å². The molecule has 0 aliphatic carbocycles. The molecule has 0 bridgehead atoms. The van der Waals surface area contributed by atoms with Gasteiger partial charge in [0.05, 0.1) is 18.6 Å².